The number of carbonyl (C=O) groups is 1. The van der Waals surface area contributed by atoms with Gasteiger partial charge in [0.2, 0.25) is 0 Å². The zero-order valence-corrected chi connectivity index (χ0v) is 15.9. The van der Waals surface area contributed by atoms with E-state index in [0.29, 0.717) is 5.69 Å². The Morgan fingerprint density at radius 2 is 1.96 bits per heavy atom. The van der Waals surface area contributed by atoms with E-state index in [4.69, 9.17) is 10.2 Å². The molecule has 0 saturated carbocycles. The van der Waals surface area contributed by atoms with Crippen LogP contribution < -0.4 is 5.48 Å². The average Bonchev–Trinajstić information content (AvgIpc) is 3.24. The lowest BCUT2D eigenvalue weighted by molar-refractivity contribution is -0.124. The van der Waals surface area contributed by atoms with E-state index in [1.165, 1.54) is 12.2 Å². The van der Waals surface area contributed by atoms with Crippen molar-refractivity contribution in [3.63, 3.8) is 0 Å². The number of aromatic nitrogens is 5. The highest BCUT2D eigenvalue weighted by Crippen LogP contribution is 2.31. The van der Waals surface area contributed by atoms with Crippen LogP contribution in [0.25, 0.3) is 17.1 Å². The highest BCUT2D eigenvalue weighted by Gasteiger charge is 2.27. The second-order valence-electron chi connectivity index (χ2n) is 7.04. The number of carbonyl (C=O) groups excluding carboxylic acids is 1. The molecule has 8 nitrogen and oxygen atoms in total. The molecule has 2 N–H and O–H groups in total. The molecule has 0 fully saturated rings. The standard InChI is InChI=1S/C19H24N6O2/c1-12(2)18(24-11-14(21-23-24)9-10-17(26)22-27)19-20-15-7-5-6-8-16(15)25(19)13(3)4/h5-13,18,27H,1-4H3,(H,22,26)/b10-9+. The van der Waals surface area contributed by atoms with Gasteiger partial charge in [0.05, 0.1) is 17.2 Å². The smallest absolute Gasteiger partial charge is 0.267 e. The normalized spacial score (nSPS) is 13.1. The Balaban J connectivity index is 2.06. The van der Waals surface area contributed by atoms with E-state index in [1.807, 2.05) is 18.2 Å². The van der Waals surface area contributed by atoms with Crippen molar-refractivity contribution in [1.29, 1.82) is 0 Å². The van der Waals surface area contributed by atoms with E-state index >= 15 is 0 Å². The van der Waals surface area contributed by atoms with Crippen molar-refractivity contribution in [2.75, 3.05) is 0 Å². The van der Waals surface area contributed by atoms with Crippen LogP contribution in [0.5, 0.6) is 0 Å². The van der Waals surface area contributed by atoms with Gasteiger partial charge in [0.25, 0.3) is 5.91 Å². The molecular formula is C19H24N6O2. The SMILES string of the molecule is CC(C)C(c1nc2ccccc2n1C(C)C)n1cc(/C=C/C(=O)NO)nn1. The summed E-state index contributed by atoms with van der Waals surface area (Å²) in [5, 5.41) is 16.9. The monoisotopic (exact) mass is 368 g/mol. The summed E-state index contributed by atoms with van der Waals surface area (Å²) in [5.41, 5.74) is 4.12. The van der Waals surface area contributed by atoms with Crippen molar-refractivity contribution in [2.24, 2.45) is 5.92 Å². The van der Waals surface area contributed by atoms with E-state index in [2.05, 4.69) is 48.6 Å². The first-order valence-corrected chi connectivity index (χ1v) is 8.93. The van der Waals surface area contributed by atoms with Crippen LogP contribution in [-0.4, -0.2) is 35.7 Å². The number of nitrogens with zero attached hydrogens (tertiary/aromatic N) is 5. The fourth-order valence-electron chi connectivity index (χ4n) is 3.24. The Bertz CT molecular complexity index is 970. The quantitative estimate of drug-likeness (QED) is 0.396. The lowest BCUT2D eigenvalue weighted by Crippen LogP contribution is -2.22. The number of benzene rings is 1. The van der Waals surface area contributed by atoms with Gasteiger partial charge in [-0.25, -0.2) is 15.1 Å². The molecule has 8 heteroatoms. The predicted molar refractivity (Wildman–Crippen MR) is 102 cm³/mol. The third-order valence-electron chi connectivity index (χ3n) is 4.36. The fourth-order valence-corrected chi connectivity index (χ4v) is 3.24. The molecule has 0 bridgehead atoms. The predicted octanol–water partition coefficient (Wildman–Crippen LogP) is 2.97. The maximum atomic E-state index is 11.2. The number of imidazole rings is 1. The molecule has 1 atom stereocenters. The molecule has 2 aromatic heterocycles. The second kappa shape index (κ2) is 7.71. The van der Waals surface area contributed by atoms with Crippen LogP contribution in [0.4, 0.5) is 0 Å². The zero-order chi connectivity index (χ0) is 19.6. The Hall–Kier alpha value is -3.00. The van der Waals surface area contributed by atoms with Gasteiger partial charge in [0.1, 0.15) is 17.6 Å². The van der Waals surface area contributed by atoms with Crippen LogP contribution in [-0.2, 0) is 4.79 Å². The van der Waals surface area contributed by atoms with Crippen LogP contribution in [0.3, 0.4) is 0 Å². The van der Waals surface area contributed by atoms with Gasteiger partial charge in [0.15, 0.2) is 0 Å². The van der Waals surface area contributed by atoms with E-state index in [0.717, 1.165) is 16.9 Å². The first-order chi connectivity index (χ1) is 12.9. The Kier molecular flexibility index (Phi) is 5.36. The van der Waals surface area contributed by atoms with Gasteiger partial charge in [-0.15, -0.1) is 5.10 Å². The maximum absolute atomic E-state index is 11.2. The fraction of sp³-hybridized carbons (Fsp3) is 0.368. The van der Waals surface area contributed by atoms with Crippen LogP contribution >= 0.6 is 0 Å². The molecule has 1 unspecified atom stereocenters. The van der Waals surface area contributed by atoms with Crippen molar-refractivity contribution in [3.05, 3.63) is 48.1 Å². The van der Waals surface area contributed by atoms with E-state index in [1.54, 1.807) is 16.4 Å². The average molecular weight is 368 g/mol. The molecule has 0 radical (unpaired) electrons. The van der Waals surface area contributed by atoms with Crippen LogP contribution in [0.2, 0.25) is 0 Å². The zero-order valence-electron chi connectivity index (χ0n) is 15.9. The van der Waals surface area contributed by atoms with E-state index < -0.39 is 5.91 Å². The van der Waals surface area contributed by atoms with Crippen LogP contribution in [0, 0.1) is 5.92 Å². The summed E-state index contributed by atoms with van der Waals surface area (Å²) < 4.78 is 4.01. The molecule has 27 heavy (non-hydrogen) atoms. The summed E-state index contributed by atoms with van der Waals surface area (Å²) in [4.78, 5) is 16.0. The topological polar surface area (TPSA) is 97.9 Å². The van der Waals surface area contributed by atoms with E-state index in [9.17, 15) is 4.79 Å². The Labute approximate surface area is 157 Å². The molecule has 2 heterocycles. The molecule has 3 aromatic rings. The minimum Gasteiger partial charge on any atom is -0.324 e. The third kappa shape index (κ3) is 3.75. The molecule has 0 saturated heterocycles. The lowest BCUT2D eigenvalue weighted by atomic mass is 10.0. The van der Waals surface area contributed by atoms with Crippen molar-refractivity contribution < 1.29 is 10.0 Å². The minimum absolute atomic E-state index is 0.110. The van der Waals surface area contributed by atoms with E-state index in [-0.39, 0.29) is 18.0 Å². The summed E-state index contributed by atoms with van der Waals surface area (Å²) in [6.45, 7) is 8.51. The van der Waals surface area contributed by atoms with Crippen LogP contribution in [0.15, 0.2) is 36.5 Å². The summed E-state index contributed by atoms with van der Waals surface area (Å²) in [6, 6.07) is 8.22. The molecule has 0 spiro atoms. The molecule has 3 rings (SSSR count). The summed E-state index contributed by atoms with van der Waals surface area (Å²) in [5.74, 6) is 0.528. The maximum Gasteiger partial charge on any atom is 0.267 e. The highest BCUT2D eigenvalue weighted by molar-refractivity contribution is 5.90. The number of rotatable bonds is 6. The summed E-state index contributed by atoms with van der Waals surface area (Å²) in [7, 11) is 0. The summed E-state index contributed by atoms with van der Waals surface area (Å²) in [6.07, 6.45) is 4.47. The Morgan fingerprint density at radius 3 is 2.63 bits per heavy atom. The number of hydroxylamine groups is 1. The number of para-hydroxylation sites is 2. The van der Waals surface area contributed by atoms with Gasteiger partial charge in [-0.1, -0.05) is 31.2 Å². The largest absolute Gasteiger partial charge is 0.324 e. The Morgan fingerprint density at radius 1 is 1.22 bits per heavy atom. The lowest BCUT2D eigenvalue weighted by Gasteiger charge is -2.23. The van der Waals surface area contributed by atoms with Crippen molar-refractivity contribution in [1.82, 2.24) is 30.0 Å². The minimum atomic E-state index is -0.619. The van der Waals surface area contributed by atoms with Gasteiger partial charge < -0.3 is 4.57 Å². The molecule has 1 aromatic carbocycles. The van der Waals surface area contributed by atoms with Crippen molar-refractivity contribution in [3.8, 4) is 0 Å². The number of fused-ring (bicyclic) bond motifs is 1. The molecule has 1 amide bonds. The number of amides is 1. The second-order valence-corrected chi connectivity index (χ2v) is 7.04. The summed E-state index contributed by atoms with van der Waals surface area (Å²) >= 11 is 0. The molecule has 0 aliphatic rings. The molecule has 0 aliphatic carbocycles. The molecular weight excluding hydrogens is 344 g/mol. The highest BCUT2D eigenvalue weighted by atomic mass is 16.5. The van der Waals surface area contributed by atoms with Gasteiger partial charge in [-0.2, -0.15) is 0 Å². The third-order valence-corrected chi connectivity index (χ3v) is 4.36. The van der Waals surface area contributed by atoms with Crippen LogP contribution in [0.1, 0.15) is 51.3 Å². The number of hydrogen-bond donors (Lipinski definition) is 2. The van der Waals surface area contributed by atoms with Gasteiger partial charge in [-0.3, -0.25) is 10.0 Å². The number of nitrogens with one attached hydrogen (secondary N) is 1. The van der Waals surface area contributed by atoms with Crippen molar-refractivity contribution >= 4 is 23.0 Å². The first-order valence-electron chi connectivity index (χ1n) is 8.93. The molecule has 0 aliphatic heterocycles. The van der Waals surface area contributed by atoms with Crippen molar-refractivity contribution in [2.45, 2.75) is 39.8 Å². The van der Waals surface area contributed by atoms with Gasteiger partial charge in [0, 0.05) is 12.1 Å². The molecule has 142 valence electrons. The van der Waals surface area contributed by atoms with Gasteiger partial charge in [-0.05, 0) is 38.0 Å². The number of hydrogen-bond acceptors (Lipinski definition) is 5. The first kappa shape index (κ1) is 18.8. The van der Waals surface area contributed by atoms with Gasteiger partial charge >= 0.3 is 0 Å².